The Bertz CT molecular complexity index is 550. The first kappa shape index (κ1) is 13.1. The van der Waals surface area contributed by atoms with E-state index in [1.807, 2.05) is 6.20 Å². The second-order valence-electron chi connectivity index (χ2n) is 5.63. The number of imidazole rings is 1. The molecule has 2 aliphatic rings. The molecule has 0 radical (unpaired) electrons. The van der Waals surface area contributed by atoms with Gasteiger partial charge in [-0.1, -0.05) is 0 Å². The van der Waals surface area contributed by atoms with Crippen LogP contribution >= 0.6 is 0 Å². The normalized spacial score (nSPS) is 27.1. The van der Waals surface area contributed by atoms with Crippen molar-refractivity contribution in [3.8, 4) is 0 Å². The summed E-state index contributed by atoms with van der Waals surface area (Å²) in [6.45, 7) is 0.140. The van der Waals surface area contributed by atoms with E-state index in [1.54, 1.807) is 0 Å². The summed E-state index contributed by atoms with van der Waals surface area (Å²) >= 11 is 0. The number of sulfone groups is 1. The molecule has 0 amide bonds. The molecule has 3 rings (SSSR count). The third kappa shape index (κ3) is 2.43. The van der Waals surface area contributed by atoms with E-state index in [0.717, 1.165) is 25.1 Å². The van der Waals surface area contributed by atoms with Crippen molar-refractivity contribution in [1.29, 1.82) is 0 Å². The minimum absolute atomic E-state index is 0.125. The van der Waals surface area contributed by atoms with Gasteiger partial charge in [-0.2, -0.15) is 0 Å². The van der Waals surface area contributed by atoms with Crippen LogP contribution in [0.15, 0.2) is 6.20 Å². The van der Waals surface area contributed by atoms with E-state index in [2.05, 4.69) is 9.55 Å². The molecule has 1 aromatic rings. The highest BCUT2D eigenvalue weighted by Crippen LogP contribution is 2.34. The molecule has 106 valence electrons. The molecule has 1 fully saturated rings. The maximum Gasteiger partial charge on any atom is 0.150 e. The smallest absolute Gasteiger partial charge is 0.150 e. The first-order chi connectivity index (χ1) is 9.11. The number of aliphatic hydroxyl groups excluding tert-OH is 1. The maximum atomic E-state index is 11.5. The highest BCUT2D eigenvalue weighted by molar-refractivity contribution is 7.91. The standard InChI is InChI=1S/C13H20N2O3S/c16-9-12-3-1-2-11-8-14-13(15(11)12)10-4-6-19(17,18)7-5-10/h8,10,12,16H,1-7,9H2. The molecule has 1 aromatic heterocycles. The lowest BCUT2D eigenvalue weighted by atomic mass is 9.99. The largest absolute Gasteiger partial charge is 0.394 e. The Balaban J connectivity index is 1.88. The van der Waals surface area contributed by atoms with Crippen molar-refractivity contribution in [2.75, 3.05) is 18.1 Å². The van der Waals surface area contributed by atoms with Gasteiger partial charge in [0.05, 0.1) is 24.2 Å². The number of hydrogen-bond donors (Lipinski definition) is 1. The van der Waals surface area contributed by atoms with Gasteiger partial charge in [-0.15, -0.1) is 0 Å². The zero-order chi connectivity index (χ0) is 13.5. The molecule has 0 bridgehead atoms. The zero-order valence-electron chi connectivity index (χ0n) is 11.0. The van der Waals surface area contributed by atoms with Crippen molar-refractivity contribution in [1.82, 2.24) is 9.55 Å². The van der Waals surface area contributed by atoms with Crippen molar-refractivity contribution >= 4 is 9.84 Å². The van der Waals surface area contributed by atoms with Gasteiger partial charge >= 0.3 is 0 Å². The Hall–Kier alpha value is -0.880. The minimum atomic E-state index is -2.83. The fraction of sp³-hybridized carbons (Fsp3) is 0.769. The molecule has 1 atom stereocenters. The molecule has 1 unspecified atom stereocenters. The summed E-state index contributed by atoms with van der Waals surface area (Å²) in [5.74, 6) is 1.75. The second kappa shape index (κ2) is 4.90. The summed E-state index contributed by atoms with van der Waals surface area (Å²) in [6, 6.07) is 0.125. The van der Waals surface area contributed by atoms with Crippen LogP contribution in [-0.4, -0.2) is 41.2 Å². The summed E-state index contributed by atoms with van der Waals surface area (Å²) in [4.78, 5) is 4.52. The molecular weight excluding hydrogens is 264 g/mol. The predicted octanol–water partition coefficient (Wildman–Crippen LogP) is 1.04. The minimum Gasteiger partial charge on any atom is -0.394 e. The summed E-state index contributed by atoms with van der Waals surface area (Å²) in [6.07, 6.45) is 6.32. The number of aryl methyl sites for hydroxylation is 1. The third-order valence-electron chi connectivity index (χ3n) is 4.37. The molecule has 1 N–H and O–H groups in total. The quantitative estimate of drug-likeness (QED) is 0.881. The molecule has 1 saturated heterocycles. The molecule has 19 heavy (non-hydrogen) atoms. The fourth-order valence-electron chi connectivity index (χ4n) is 3.29. The Morgan fingerprint density at radius 2 is 2.05 bits per heavy atom. The van der Waals surface area contributed by atoms with Crippen LogP contribution < -0.4 is 0 Å². The second-order valence-corrected chi connectivity index (χ2v) is 7.94. The van der Waals surface area contributed by atoms with Crippen molar-refractivity contribution < 1.29 is 13.5 Å². The van der Waals surface area contributed by atoms with Gasteiger partial charge in [0.2, 0.25) is 0 Å². The Labute approximate surface area is 113 Å². The molecule has 0 aliphatic carbocycles. The molecule has 0 aromatic carbocycles. The summed E-state index contributed by atoms with van der Waals surface area (Å²) in [5, 5.41) is 9.52. The molecule has 0 spiro atoms. The van der Waals surface area contributed by atoms with Gasteiger partial charge in [0.25, 0.3) is 0 Å². The third-order valence-corrected chi connectivity index (χ3v) is 6.08. The topological polar surface area (TPSA) is 72.2 Å². The summed E-state index contributed by atoms with van der Waals surface area (Å²) < 4.78 is 25.2. The van der Waals surface area contributed by atoms with Gasteiger partial charge < -0.3 is 9.67 Å². The van der Waals surface area contributed by atoms with E-state index >= 15 is 0 Å². The zero-order valence-corrected chi connectivity index (χ0v) is 11.8. The SMILES string of the molecule is O=S1(=O)CCC(c2ncc3n2C(CO)CCC3)CC1. The highest BCUT2D eigenvalue weighted by Gasteiger charge is 2.31. The van der Waals surface area contributed by atoms with Gasteiger partial charge in [0, 0.05) is 17.8 Å². The van der Waals surface area contributed by atoms with Gasteiger partial charge in [0.15, 0.2) is 0 Å². The van der Waals surface area contributed by atoms with E-state index in [4.69, 9.17) is 0 Å². The van der Waals surface area contributed by atoms with Crippen LogP contribution in [0.5, 0.6) is 0 Å². The van der Waals surface area contributed by atoms with Crippen LogP contribution in [0.2, 0.25) is 0 Å². The average molecular weight is 284 g/mol. The van der Waals surface area contributed by atoms with Crippen LogP contribution in [0.3, 0.4) is 0 Å². The predicted molar refractivity (Wildman–Crippen MR) is 71.9 cm³/mol. The molecule has 3 heterocycles. The number of nitrogens with zero attached hydrogens (tertiary/aromatic N) is 2. The van der Waals surface area contributed by atoms with E-state index in [0.29, 0.717) is 12.8 Å². The van der Waals surface area contributed by atoms with E-state index in [9.17, 15) is 13.5 Å². The van der Waals surface area contributed by atoms with Gasteiger partial charge in [-0.05, 0) is 32.1 Å². The fourth-order valence-corrected chi connectivity index (χ4v) is 4.78. The summed E-state index contributed by atoms with van der Waals surface area (Å²) in [5.41, 5.74) is 1.19. The monoisotopic (exact) mass is 284 g/mol. The van der Waals surface area contributed by atoms with Crippen molar-refractivity contribution in [3.63, 3.8) is 0 Å². The number of hydrogen-bond acceptors (Lipinski definition) is 4. The highest BCUT2D eigenvalue weighted by atomic mass is 32.2. The van der Waals surface area contributed by atoms with Gasteiger partial charge in [-0.3, -0.25) is 0 Å². The Morgan fingerprint density at radius 3 is 2.74 bits per heavy atom. The number of fused-ring (bicyclic) bond motifs is 1. The van der Waals surface area contributed by atoms with Crippen LogP contribution in [0.25, 0.3) is 0 Å². The number of rotatable bonds is 2. The van der Waals surface area contributed by atoms with E-state index < -0.39 is 9.84 Å². The first-order valence-electron chi connectivity index (χ1n) is 6.98. The lowest BCUT2D eigenvalue weighted by Gasteiger charge is -2.29. The number of aromatic nitrogens is 2. The van der Waals surface area contributed by atoms with Crippen LogP contribution in [0, 0.1) is 0 Å². The van der Waals surface area contributed by atoms with E-state index in [-0.39, 0.29) is 30.1 Å². The molecule has 5 nitrogen and oxygen atoms in total. The lowest BCUT2D eigenvalue weighted by molar-refractivity contribution is 0.202. The van der Waals surface area contributed by atoms with Crippen molar-refractivity contribution in [2.24, 2.45) is 0 Å². The van der Waals surface area contributed by atoms with E-state index in [1.165, 1.54) is 5.69 Å². The van der Waals surface area contributed by atoms with Crippen molar-refractivity contribution in [3.05, 3.63) is 17.7 Å². The van der Waals surface area contributed by atoms with Gasteiger partial charge in [0.1, 0.15) is 15.7 Å². The summed E-state index contributed by atoms with van der Waals surface area (Å²) in [7, 11) is -2.83. The van der Waals surface area contributed by atoms with Crippen LogP contribution in [0.4, 0.5) is 0 Å². The molecular formula is C13H20N2O3S. The first-order valence-corrected chi connectivity index (χ1v) is 8.80. The molecule has 6 heteroatoms. The van der Waals surface area contributed by atoms with Gasteiger partial charge in [-0.25, -0.2) is 13.4 Å². The molecule has 0 saturated carbocycles. The maximum absolute atomic E-state index is 11.5. The Morgan fingerprint density at radius 1 is 1.32 bits per heavy atom. The number of aliphatic hydroxyl groups is 1. The molecule has 2 aliphatic heterocycles. The van der Waals surface area contributed by atoms with Crippen molar-refractivity contribution in [2.45, 2.75) is 44.1 Å². The van der Waals surface area contributed by atoms with Crippen LogP contribution in [-0.2, 0) is 16.3 Å². The average Bonchev–Trinajstić information content (AvgIpc) is 2.82. The Kier molecular flexibility index (Phi) is 3.39. The van der Waals surface area contributed by atoms with Crippen LogP contribution in [0.1, 0.15) is 49.2 Å². The lowest BCUT2D eigenvalue weighted by Crippen LogP contribution is -2.28.